The first-order valence-electron chi connectivity index (χ1n) is 8.65. The van der Waals surface area contributed by atoms with Gasteiger partial charge in [-0.25, -0.2) is 4.79 Å². The van der Waals surface area contributed by atoms with Crippen molar-refractivity contribution < 1.29 is 27.4 Å². The summed E-state index contributed by atoms with van der Waals surface area (Å²) < 4.78 is 45.4. The molecule has 0 saturated carbocycles. The van der Waals surface area contributed by atoms with Crippen LogP contribution in [0.3, 0.4) is 0 Å². The minimum absolute atomic E-state index is 0.00878. The third-order valence-electron chi connectivity index (χ3n) is 4.12. The topological polar surface area (TPSA) is 42.0 Å². The summed E-state index contributed by atoms with van der Waals surface area (Å²) in [4.78, 5) is 16.1. The van der Waals surface area contributed by atoms with Gasteiger partial charge in [0.25, 0.3) is 0 Å². The molecule has 1 amide bonds. The number of unbranched alkanes of at least 4 members (excludes halogenated alkanes) is 2. The minimum Gasteiger partial charge on any atom is -0.445 e. The lowest BCUT2D eigenvalue weighted by Crippen LogP contribution is -2.48. The van der Waals surface area contributed by atoms with E-state index in [4.69, 9.17) is 4.74 Å². The van der Waals surface area contributed by atoms with Crippen molar-refractivity contribution >= 4 is 6.09 Å². The Labute approximate surface area is 151 Å². The average Bonchev–Trinajstić information content (AvgIpc) is 2.60. The van der Waals surface area contributed by atoms with E-state index in [-0.39, 0.29) is 12.4 Å². The second-order valence-corrected chi connectivity index (χ2v) is 6.14. The Morgan fingerprint density at radius 1 is 1.08 bits per heavy atom. The molecule has 0 spiro atoms. The number of hydrogen-bond acceptors (Lipinski definition) is 4. The second-order valence-electron chi connectivity index (χ2n) is 6.14. The number of piperazine rings is 1. The number of amides is 1. The Morgan fingerprint density at radius 2 is 1.73 bits per heavy atom. The van der Waals surface area contributed by atoms with Crippen molar-refractivity contribution in [1.82, 2.24) is 9.80 Å². The van der Waals surface area contributed by atoms with E-state index < -0.39 is 12.5 Å². The van der Waals surface area contributed by atoms with Crippen molar-refractivity contribution in [2.75, 3.05) is 32.7 Å². The van der Waals surface area contributed by atoms with E-state index in [1.807, 2.05) is 0 Å². The molecule has 1 radical (unpaired) electrons. The summed E-state index contributed by atoms with van der Waals surface area (Å²) in [6, 6.07) is 5.27. The van der Waals surface area contributed by atoms with E-state index >= 15 is 0 Å². The molecule has 2 rings (SSSR count). The summed E-state index contributed by atoms with van der Waals surface area (Å²) in [5.41, 5.74) is 0.597. The molecule has 1 aromatic carbocycles. The largest absolute Gasteiger partial charge is 0.573 e. The summed E-state index contributed by atoms with van der Waals surface area (Å²) in [5, 5.41) is 0. The van der Waals surface area contributed by atoms with Crippen LogP contribution >= 0.6 is 0 Å². The van der Waals surface area contributed by atoms with Crippen molar-refractivity contribution in [3.05, 3.63) is 36.8 Å². The third-order valence-corrected chi connectivity index (χ3v) is 4.12. The van der Waals surface area contributed by atoms with Crippen LogP contribution in [0.5, 0.6) is 5.75 Å². The maximum absolute atomic E-state index is 12.1. The normalized spacial score (nSPS) is 15.8. The molecular formula is C18H24F3N2O3. The number of rotatable bonds is 7. The molecule has 5 nitrogen and oxygen atoms in total. The molecule has 145 valence electrons. The monoisotopic (exact) mass is 373 g/mol. The Balaban J connectivity index is 1.70. The molecule has 0 aliphatic carbocycles. The molecule has 0 unspecified atom stereocenters. The van der Waals surface area contributed by atoms with Gasteiger partial charge in [0.2, 0.25) is 0 Å². The van der Waals surface area contributed by atoms with Crippen molar-refractivity contribution in [2.45, 2.75) is 32.2 Å². The molecule has 0 atom stereocenters. The quantitative estimate of drug-likeness (QED) is 0.681. The van der Waals surface area contributed by atoms with Crippen molar-refractivity contribution in [3.63, 3.8) is 0 Å². The Morgan fingerprint density at radius 3 is 2.31 bits per heavy atom. The summed E-state index contributed by atoms with van der Waals surface area (Å²) >= 11 is 0. The SMILES string of the molecule is [CH2]CCCCN1CCN(C(=O)OCc2ccc(OC(F)(F)F)cc2)CC1. The fourth-order valence-corrected chi connectivity index (χ4v) is 2.69. The zero-order valence-corrected chi connectivity index (χ0v) is 14.6. The lowest BCUT2D eigenvalue weighted by Gasteiger charge is -2.34. The van der Waals surface area contributed by atoms with Crippen molar-refractivity contribution in [3.8, 4) is 5.75 Å². The van der Waals surface area contributed by atoms with Crippen LogP contribution in [0.1, 0.15) is 24.8 Å². The van der Waals surface area contributed by atoms with Crippen molar-refractivity contribution in [2.24, 2.45) is 0 Å². The van der Waals surface area contributed by atoms with Crippen LogP contribution in [0.2, 0.25) is 0 Å². The highest BCUT2D eigenvalue weighted by atomic mass is 19.4. The first kappa shape index (κ1) is 20.4. The molecular weight excluding hydrogens is 349 g/mol. The predicted octanol–water partition coefficient (Wildman–Crippen LogP) is 3.84. The minimum atomic E-state index is -4.72. The molecule has 0 bridgehead atoms. The fourth-order valence-electron chi connectivity index (χ4n) is 2.69. The molecule has 1 aromatic rings. The predicted molar refractivity (Wildman–Crippen MR) is 90.5 cm³/mol. The molecule has 8 heteroatoms. The van der Waals surface area contributed by atoms with Crippen LogP contribution in [0.25, 0.3) is 0 Å². The molecule has 1 aliphatic rings. The summed E-state index contributed by atoms with van der Waals surface area (Å²) in [6.45, 7) is 7.71. The van der Waals surface area contributed by atoms with Gasteiger partial charge in [-0.3, -0.25) is 4.90 Å². The van der Waals surface area contributed by atoms with Gasteiger partial charge in [0.05, 0.1) is 0 Å². The van der Waals surface area contributed by atoms with Crippen LogP contribution in [-0.2, 0) is 11.3 Å². The van der Waals surface area contributed by atoms with Gasteiger partial charge in [-0.2, -0.15) is 0 Å². The third kappa shape index (κ3) is 7.11. The molecule has 1 heterocycles. The Bertz CT molecular complexity index is 556. The number of ether oxygens (including phenoxy) is 2. The van der Waals surface area contributed by atoms with Crippen LogP contribution in [0.15, 0.2) is 24.3 Å². The highest BCUT2D eigenvalue weighted by molar-refractivity contribution is 5.67. The first-order chi connectivity index (χ1) is 12.4. The van der Waals surface area contributed by atoms with Crippen molar-refractivity contribution in [1.29, 1.82) is 0 Å². The summed E-state index contributed by atoms with van der Waals surface area (Å²) in [7, 11) is 0. The van der Waals surface area contributed by atoms with Crippen LogP contribution in [-0.4, -0.2) is 55.0 Å². The van der Waals surface area contributed by atoms with Gasteiger partial charge in [-0.1, -0.05) is 31.9 Å². The van der Waals surface area contributed by atoms with Gasteiger partial charge >= 0.3 is 12.5 Å². The lowest BCUT2D eigenvalue weighted by molar-refractivity contribution is -0.274. The van der Waals surface area contributed by atoms with E-state index in [2.05, 4.69) is 16.6 Å². The Hall–Kier alpha value is -1.96. The maximum atomic E-state index is 12.1. The lowest BCUT2D eigenvalue weighted by atomic mass is 10.2. The van der Waals surface area contributed by atoms with Gasteiger partial charge in [0, 0.05) is 26.2 Å². The van der Waals surface area contributed by atoms with Crippen LogP contribution in [0, 0.1) is 6.92 Å². The van der Waals surface area contributed by atoms with Gasteiger partial charge in [-0.15, -0.1) is 13.2 Å². The molecule has 0 N–H and O–H groups in total. The van der Waals surface area contributed by atoms with Gasteiger partial charge < -0.3 is 14.4 Å². The molecule has 1 aliphatic heterocycles. The van der Waals surface area contributed by atoms with Gasteiger partial charge in [-0.05, 0) is 30.7 Å². The van der Waals surface area contributed by atoms with E-state index in [1.54, 1.807) is 4.90 Å². The van der Waals surface area contributed by atoms with E-state index in [0.29, 0.717) is 18.7 Å². The molecule has 1 fully saturated rings. The molecule has 0 aromatic heterocycles. The standard InChI is InChI=1S/C18H24F3N2O3/c1-2-3-4-9-22-10-12-23(13-11-22)17(24)25-14-15-5-7-16(8-6-15)26-18(19,20)21/h5-8H,1-4,9-14H2. The van der Waals surface area contributed by atoms with Crippen LogP contribution in [0.4, 0.5) is 18.0 Å². The maximum Gasteiger partial charge on any atom is 0.573 e. The summed E-state index contributed by atoms with van der Waals surface area (Å²) in [6.07, 6.45) is -1.96. The molecule has 1 saturated heterocycles. The van der Waals surface area contributed by atoms with Crippen LogP contribution < -0.4 is 4.74 Å². The van der Waals surface area contributed by atoms with E-state index in [0.717, 1.165) is 38.9 Å². The highest BCUT2D eigenvalue weighted by Crippen LogP contribution is 2.23. The van der Waals surface area contributed by atoms with E-state index in [9.17, 15) is 18.0 Å². The zero-order chi connectivity index (χ0) is 19.0. The fraction of sp³-hybridized carbons (Fsp3) is 0.556. The van der Waals surface area contributed by atoms with Gasteiger partial charge in [0.15, 0.2) is 0 Å². The number of halogens is 3. The number of carbonyl (C=O) groups is 1. The second kappa shape index (κ2) is 9.66. The zero-order valence-electron chi connectivity index (χ0n) is 14.6. The number of alkyl halides is 3. The summed E-state index contributed by atoms with van der Waals surface area (Å²) in [5.74, 6) is -0.303. The first-order valence-corrected chi connectivity index (χ1v) is 8.65. The van der Waals surface area contributed by atoms with E-state index in [1.165, 1.54) is 24.3 Å². The number of carbonyl (C=O) groups excluding carboxylic acids is 1. The number of benzene rings is 1. The highest BCUT2D eigenvalue weighted by Gasteiger charge is 2.31. The van der Waals surface area contributed by atoms with Gasteiger partial charge in [0.1, 0.15) is 12.4 Å². The molecule has 26 heavy (non-hydrogen) atoms. The number of nitrogens with zero attached hydrogens (tertiary/aromatic N) is 2. The Kier molecular flexibility index (Phi) is 7.56. The smallest absolute Gasteiger partial charge is 0.445 e. The number of hydrogen-bond donors (Lipinski definition) is 0. The average molecular weight is 373 g/mol.